The fourth-order valence-corrected chi connectivity index (χ4v) is 5.66. The lowest BCUT2D eigenvalue weighted by molar-refractivity contribution is -0.659. The largest absolute Gasteiger partial charge is 0.462 e. The molecule has 5 atom stereocenters. The van der Waals surface area contributed by atoms with Crippen molar-refractivity contribution in [3.63, 3.8) is 0 Å². The van der Waals surface area contributed by atoms with Gasteiger partial charge in [0.05, 0.1) is 19.4 Å². The Bertz CT molecular complexity index is 656. The van der Waals surface area contributed by atoms with Crippen LogP contribution in [0.25, 0.3) is 0 Å². The third-order valence-electron chi connectivity index (χ3n) is 7.12. The molecule has 4 rings (SSSR count). The minimum atomic E-state index is 0.0405. The number of allylic oxidation sites excluding steroid dienone is 1. The molecule has 0 spiro atoms. The third kappa shape index (κ3) is 3.34. The summed E-state index contributed by atoms with van der Waals surface area (Å²) in [5.41, 5.74) is 1.71. The van der Waals surface area contributed by atoms with Crippen LogP contribution in [0.3, 0.4) is 0 Å². The number of nitrogens with zero attached hydrogens (tertiary/aromatic N) is 2. The van der Waals surface area contributed by atoms with E-state index in [0.29, 0.717) is 17.3 Å². The molecule has 0 aromatic carbocycles. The minimum absolute atomic E-state index is 0.0405. The molecule has 1 aliphatic heterocycles. The number of nitrogens with two attached hydrogens (primary N) is 1. The molecule has 3 aliphatic rings. The topological polar surface area (TPSA) is 60.7 Å². The summed E-state index contributed by atoms with van der Waals surface area (Å²) in [6.07, 6.45) is 12.7. The molecule has 2 saturated carbocycles. The zero-order valence-corrected chi connectivity index (χ0v) is 15.9. The van der Waals surface area contributed by atoms with Crippen molar-refractivity contribution >= 4 is 5.97 Å². The molecule has 2 aliphatic carbocycles. The van der Waals surface area contributed by atoms with Crippen molar-refractivity contribution in [3.05, 3.63) is 30.9 Å². The molecule has 3 fully saturated rings. The molecule has 0 bridgehead atoms. The van der Waals surface area contributed by atoms with E-state index < -0.39 is 0 Å². The highest BCUT2D eigenvalue weighted by Crippen LogP contribution is 2.56. The van der Waals surface area contributed by atoms with Gasteiger partial charge in [0.1, 0.15) is 12.0 Å². The molecule has 1 aromatic heterocycles. The molecule has 2 heterocycles. The van der Waals surface area contributed by atoms with Gasteiger partial charge in [0.2, 0.25) is 0 Å². The molecular formula is C21H32N3O2+. The Labute approximate surface area is 156 Å². The van der Waals surface area contributed by atoms with Crippen LogP contribution in [-0.4, -0.2) is 34.7 Å². The number of quaternary nitrogens is 1. The second-order valence-electron chi connectivity index (χ2n) is 8.87. The van der Waals surface area contributed by atoms with E-state index >= 15 is 0 Å². The lowest BCUT2D eigenvalue weighted by atomic mass is 9.55. The number of ether oxygens (including phenoxy) is 1. The smallest absolute Gasteiger partial charge is 0.315 e. The lowest BCUT2D eigenvalue weighted by Crippen LogP contribution is -2.86. The Balaban J connectivity index is 1.31. The van der Waals surface area contributed by atoms with Crippen LogP contribution >= 0.6 is 0 Å². The molecule has 5 heteroatoms. The van der Waals surface area contributed by atoms with E-state index in [-0.39, 0.29) is 18.0 Å². The van der Waals surface area contributed by atoms with Crippen molar-refractivity contribution in [1.29, 1.82) is 0 Å². The van der Waals surface area contributed by atoms with Gasteiger partial charge in [-0.1, -0.05) is 19.1 Å². The number of aryl methyl sites for hydroxylation is 1. The second kappa shape index (κ2) is 7.18. The monoisotopic (exact) mass is 358 g/mol. The molecule has 26 heavy (non-hydrogen) atoms. The molecule has 142 valence electrons. The number of hydrogen-bond donors (Lipinski definition) is 1. The van der Waals surface area contributed by atoms with Crippen LogP contribution in [-0.2, 0) is 16.1 Å². The maximum absolute atomic E-state index is 12.5. The molecular weight excluding hydrogens is 326 g/mol. The molecule has 0 amide bonds. The highest BCUT2D eigenvalue weighted by Gasteiger charge is 2.55. The van der Waals surface area contributed by atoms with Gasteiger partial charge in [-0.15, -0.1) is 0 Å². The van der Waals surface area contributed by atoms with Crippen molar-refractivity contribution in [2.75, 3.05) is 13.1 Å². The summed E-state index contributed by atoms with van der Waals surface area (Å²) in [6, 6.07) is 0. The van der Waals surface area contributed by atoms with Crippen LogP contribution in [0.5, 0.6) is 0 Å². The minimum Gasteiger partial charge on any atom is -0.462 e. The standard InChI is InChI=1S/C21H31N3O2/c1-15-5-3-6-21(2)12-19-16(11-18(15)21)17(20(25)26-19)13-22-7-4-9-24-10-8-23-14-24/h8,10,14,16-19,22H,1,3-7,9,11-13H2,2H3/p+1/t16-,17-,18-,19-,21-/m1/s1. The van der Waals surface area contributed by atoms with Crippen molar-refractivity contribution < 1.29 is 14.8 Å². The van der Waals surface area contributed by atoms with Crippen LogP contribution in [0.2, 0.25) is 0 Å². The summed E-state index contributed by atoms with van der Waals surface area (Å²) in [6.45, 7) is 9.64. The number of rotatable bonds is 6. The van der Waals surface area contributed by atoms with E-state index in [4.69, 9.17) is 4.74 Å². The quantitative estimate of drug-likeness (QED) is 0.481. The fraction of sp³-hybridized carbons (Fsp3) is 0.714. The van der Waals surface area contributed by atoms with Gasteiger partial charge in [-0.2, -0.15) is 0 Å². The number of carbonyl (C=O) groups excluding carboxylic acids is 1. The van der Waals surface area contributed by atoms with Crippen molar-refractivity contribution in [1.82, 2.24) is 9.55 Å². The first-order valence-corrected chi connectivity index (χ1v) is 10.2. The number of aromatic nitrogens is 2. The van der Waals surface area contributed by atoms with Crippen LogP contribution in [0, 0.1) is 23.2 Å². The number of hydrogen-bond acceptors (Lipinski definition) is 3. The molecule has 1 saturated heterocycles. The Hall–Kier alpha value is -1.62. The van der Waals surface area contributed by atoms with Gasteiger partial charge >= 0.3 is 5.97 Å². The summed E-state index contributed by atoms with van der Waals surface area (Å²) in [5, 5.41) is 2.30. The molecule has 0 unspecified atom stereocenters. The van der Waals surface area contributed by atoms with E-state index in [2.05, 4.69) is 28.4 Å². The predicted octanol–water partition coefficient (Wildman–Crippen LogP) is 2.15. The lowest BCUT2D eigenvalue weighted by Gasteiger charge is -2.49. The molecule has 5 nitrogen and oxygen atoms in total. The zero-order chi connectivity index (χ0) is 18.1. The zero-order valence-electron chi connectivity index (χ0n) is 15.9. The Morgan fingerprint density at radius 3 is 3.19 bits per heavy atom. The first-order chi connectivity index (χ1) is 12.6. The van der Waals surface area contributed by atoms with E-state index in [0.717, 1.165) is 45.3 Å². The Kier molecular flexibility index (Phi) is 4.91. The maximum Gasteiger partial charge on any atom is 0.315 e. The highest BCUT2D eigenvalue weighted by molar-refractivity contribution is 5.75. The van der Waals surface area contributed by atoms with Gasteiger partial charge in [-0.3, -0.25) is 4.79 Å². The summed E-state index contributed by atoms with van der Waals surface area (Å²) in [4.78, 5) is 16.6. The van der Waals surface area contributed by atoms with E-state index in [1.807, 2.05) is 18.7 Å². The normalized spacial score (nSPS) is 36.5. The van der Waals surface area contributed by atoms with Crippen molar-refractivity contribution in [2.24, 2.45) is 23.2 Å². The first-order valence-electron chi connectivity index (χ1n) is 10.2. The van der Waals surface area contributed by atoms with Crippen molar-refractivity contribution in [3.8, 4) is 0 Å². The first kappa shape index (κ1) is 17.8. The molecule has 2 N–H and O–H groups in total. The van der Waals surface area contributed by atoms with Gasteiger partial charge in [0, 0.05) is 31.3 Å². The summed E-state index contributed by atoms with van der Waals surface area (Å²) < 4.78 is 7.94. The van der Waals surface area contributed by atoms with Crippen LogP contribution in [0.1, 0.15) is 45.4 Å². The molecule has 1 aromatic rings. The van der Waals surface area contributed by atoms with Gasteiger partial charge in [-0.25, -0.2) is 4.98 Å². The third-order valence-corrected chi connectivity index (χ3v) is 7.12. The van der Waals surface area contributed by atoms with Crippen LogP contribution in [0.4, 0.5) is 0 Å². The average Bonchev–Trinajstić information content (AvgIpc) is 3.21. The number of imidazole rings is 1. The van der Waals surface area contributed by atoms with Gasteiger partial charge in [-0.05, 0) is 43.4 Å². The second-order valence-corrected chi connectivity index (χ2v) is 8.87. The SMILES string of the molecule is C=C1CCC[C@]2(C)C[C@H]3OC(=O)[C@H](C[NH2+]CCCn4ccnc4)[C@H]3C[C@H]12. The van der Waals surface area contributed by atoms with E-state index in [1.54, 1.807) is 0 Å². The highest BCUT2D eigenvalue weighted by atomic mass is 16.6. The summed E-state index contributed by atoms with van der Waals surface area (Å²) in [5.74, 6) is 1.07. The van der Waals surface area contributed by atoms with Crippen LogP contribution in [0.15, 0.2) is 30.9 Å². The average molecular weight is 359 g/mol. The fourth-order valence-electron chi connectivity index (χ4n) is 5.66. The summed E-state index contributed by atoms with van der Waals surface area (Å²) in [7, 11) is 0. The predicted molar refractivity (Wildman–Crippen MR) is 99.2 cm³/mol. The van der Waals surface area contributed by atoms with Gasteiger partial charge < -0.3 is 14.6 Å². The van der Waals surface area contributed by atoms with E-state index in [9.17, 15) is 4.79 Å². The number of fused-ring (bicyclic) bond motifs is 2. The Morgan fingerprint density at radius 1 is 1.50 bits per heavy atom. The number of esters is 1. The maximum atomic E-state index is 12.5. The van der Waals surface area contributed by atoms with Crippen molar-refractivity contribution in [2.45, 2.75) is 58.1 Å². The van der Waals surface area contributed by atoms with Gasteiger partial charge in [0.25, 0.3) is 0 Å². The van der Waals surface area contributed by atoms with E-state index in [1.165, 1.54) is 18.4 Å². The Morgan fingerprint density at radius 2 is 2.38 bits per heavy atom. The van der Waals surface area contributed by atoms with Gasteiger partial charge in [0.15, 0.2) is 0 Å². The van der Waals surface area contributed by atoms with Crippen LogP contribution < -0.4 is 5.32 Å². The number of carbonyl (C=O) groups is 1. The summed E-state index contributed by atoms with van der Waals surface area (Å²) >= 11 is 0. The molecule has 0 radical (unpaired) electrons.